The Kier molecular flexibility index (Phi) is 5.47. The van der Waals surface area contributed by atoms with Gasteiger partial charge in [-0.3, -0.25) is 4.79 Å². The number of nitrogens with zero attached hydrogens (tertiary/aromatic N) is 3. The standard InChI is InChI=1S/C23H29N3O5S/c1-30-18-9-6-16(7-10-18)8-11-20(27)26-14-23(15-26)19(12-13-32(23,28)29)22-24-21(25-31-22)17-4-2-3-5-17/h6-7,9-10,17,19H,2-5,8,11-15H2,1H3. The van der Waals surface area contributed by atoms with Gasteiger partial charge in [-0.1, -0.05) is 30.1 Å². The van der Waals surface area contributed by atoms with Crippen molar-refractivity contribution >= 4 is 15.7 Å². The number of aryl methyl sites for hydroxylation is 1. The molecule has 1 aromatic heterocycles. The first kappa shape index (κ1) is 21.4. The maximum Gasteiger partial charge on any atom is 0.231 e. The summed E-state index contributed by atoms with van der Waals surface area (Å²) in [6, 6.07) is 7.63. The van der Waals surface area contributed by atoms with E-state index < -0.39 is 14.6 Å². The summed E-state index contributed by atoms with van der Waals surface area (Å²) >= 11 is 0. The second kappa shape index (κ2) is 8.17. The van der Waals surface area contributed by atoms with Crippen molar-refractivity contribution in [1.29, 1.82) is 0 Å². The number of amides is 1. The van der Waals surface area contributed by atoms with E-state index in [1.165, 1.54) is 12.8 Å². The number of ether oxygens (including phenoxy) is 1. The van der Waals surface area contributed by atoms with Gasteiger partial charge >= 0.3 is 0 Å². The molecule has 0 bridgehead atoms. The number of hydrogen-bond acceptors (Lipinski definition) is 7. The van der Waals surface area contributed by atoms with Crippen molar-refractivity contribution in [2.75, 3.05) is 26.0 Å². The molecule has 1 amide bonds. The topological polar surface area (TPSA) is 103 Å². The molecule has 1 unspecified atom stereocenters. The molecular formula is C23H29N3O5S. The fraction of sp³-hybridized carbons (Fsp3) is 0.609. The third kappa shape index (κ3) is 3.60. The summed E-state index contributed by atoms with van der Waals surface area (Å²) in [5, 5.41) is 4.17. The highest BCUT2D eigenvalue weighted by atomic mass is 32.2. The van der Waals surface area contributed by atoms with Gasteiger partial charge in [-0.25, -0.2) is 8.42 Å². The Morgan fingerprint density at radius 3 is 2.59 bits per heavy atom. The van der Waals surface area contributed by atoms with Crippen molar-refractivity contribution in [3.8, 4) is 5.75 Å². The number of methoxy groups -OCH3 is 1. The van der Waals surface area contributed by atoms with E-state index in [4.69, 9.17) is 9.26 Å². The molecule has 3 fully saturated rings. The second-order valence-electron chi connectivity index (χ2n) is 9.29. The van der Waals surface area contributed by atoms with Gasteiger partial charge < -0.3 is 14.2 Å². The van der Waals surface area contributed by atoms with Crippen molar-refractivity contribution in [2.24, 2.45) is 0 Å². The molecule has 32 heavy (non-hydrogen) atoms. The number of aromatic nitrogens is 2. The zero-order valence-electron chi connectivity index (χ0n) is 18.3. The van der Waals surface area contributed by atoms with Crippen LogP contribution in [0.2, 0.25) is 0 Å². The maximum absolute atomic E-state index is 13.0. The Morgan fingerprint density at radius 1 is 1.19 bits per heavy atom. The highest BCUT2D eigenvalue weighted by Crippen LogP contribution is 2.50. The first-order valence-electron chi connectivity index (χ1n) is 11.4. The van der Waals surface area contributed by atoms with Crippen molar-refractivity contribution in [3.05, 3.63) is 41.5 Å². The smallest absolute Gasteiger partial charge is 0.231 e. The first-order valence-corrected chi connectivity index (χ1v) is 13.0. The summed E-state index contributed by atoms with van der Waals surface area (Å²) in [5.74, 6) is 1.98. The lowest BCUT2D eigenvalue weighted by Gasteiger charge is -2.49. The third-order valence-corrected chi connectivity index (χ3v) is 10.0. The van der Waals surface area contributed by atoms with Crippen LogP contribution in [-0.2, 0) is 21.1 Å². The summed E-state index contributed by atoms with van der Waals surface area (Å²) in [7, 11) is -1.72. The molecule has 1 saturated carbocycles. The van der Waals surface area contributed by atoms with E-state index in [0.717, 1.165) is 24.2 Å². The molecule has 3 heterocycles. The van der Waals surface area contributed by atoms with Crippen LogP contribution in [0, 0.1) is 0 Å². The minimum atomic E-state index is -3.33. The fourth-order valence-electron chi connectivity index (χ4n) is 5.44. The molecule has 0 N–H and O–H groups in total. The van der Waals surface area contributed by atoms with E-state index in [0.29, 0.717) is 36.9 Å². The van der Waals surface area contributed by atoms with Gasteiger partial charge in [0.05, 0.1) is 18.8 Å². The van der Waals surface area contributed by atoms with Crippen LogP contribution in [0.1, 0.15) is 67.6 Å². The zero-order chi connectivity index (χ0) is 22.3. The minimum absolute atomic E-state index is 0.0236. The summed E-state index contributed by atoms with van der Waals surface area (Å²) in [5.41, 5.74) is 1.05. The van der Waals surface area contributed by atoms with Gasteiger partial charge in [0.15, 0.2) is 15.7 Å². The highest BCUT2D eigenvalue weighted by Gasteiger charge is 2.64. The van der Waals surface area contributed by atoms with Gasteiger partial charge in [0.25, 0.3) is 0 Å². The van der Waals surface area contributed by atoms with Crippen LogP contribution in [0.4, 0.5) is 0 Å². The predicted octanol–water partition coefficient (Wildman–Crippen LogP) is 2.85. The van der Waals surface area contributed by atoms with Crippen molar-refractivity contribution in [1.82, 2.24) is 15.0 Å². The van der Waals surface area contributed by atoms with Crippen LogP contribution in [0.3, 0.4) is 0 Å². The first-order chi connectivity index (χ1) is 15.4. The molecule has 3 aliphatic rings. The Hall–Kier alpha value is -2.42. The summed E-state index contributed by atoms with van der Waals surface area (Å²) in [6.45, 7) is 0.422. The molecule has 1 aliphatic carbocycles. The second-order valence-corrected chi connectivity index (χ2v) is 11.7. The molecule has 1 spiro atoms. The van der Waals surface area contributed by atoms with E-state index in [1.54, 1.807) is 12.0 Å². The molecular weight excluding hydrogens is 430 g/mol. The minimum Gasteiger partial charge on any atom is -0.497 e. The lowest BCUT2D eigenvalue weighted by atomic mass is 9.82. The number of likely N-dealkylation sites (tertiary alicyclic amines) is 1. The fourth-order valence-corrected chi connectivity index (χ4v) is 7.75. The van der Waals surface area contributed by atoms with E-state index in [9.17, 15) is 13.2 Å². The van der Waals surface area contributed by atoms with Crippen LogP contribution in [-0.4, -0.2) is 60.1 Å². The van der Waals surface area contributed by atoms with Crippen molar-refractivity contribution in [3.63, 3.8) is 0 Å². The molecule has 9 heteroatoms. The number of rotatable bonds is 6. The van der Waals surface area contributed by atoms with Crippen LogP contribution in [0.15, 0.2) is 28.8 Å². The maximum atomic E-state index is 13.0. The van der Waals surface area contributed by atoms with Gasteiger partial charge in [0.1, 0.15) is 10.5 Å². The van der Waals surface area contributed by atoms with E-state index in [1.807, 2.05) is 24.3 Å². The van der Waals surface area contributed by atoms with Crippen LogP contribution in [0.25, 0.3) is 0 Å². The van der Waals surface area contributed by atoms with Gasteiger partial charge in [0.2, 0.25) is 11.8 Å². The number of carbonyl (C=O) groups is 1. The number of carbonyl (C=O) groups excluding carboxylic acids is 1. The number of hydrogen-bond donors (Lipinski definition) is 0. The molecule has 0 radical (unpaired) electrons. The number of sulfone groups is 1. The zero-order valence-corrected chi connectivity index (χ0v) is 19.1. The molecule has 8 nitrogen and oxygen atoms in total. The monoisotopic (exact) mass is 459 g/mol. The van der Waals surface area contributed by atoms with Gasteiger partial charge in [-0.05, 0) is 43.4 Å². The quantitative estimate of drug-likeness (QED) is 0.654. The lowest BCUT2D eigenvalue weighted by Crippen LogP contribution is -2.67. The molecule has 2 aromatic rings. The summed E-state index contributed by atoms with van der Waals surface area (Å²) in [4.78, 5) is 19.0. The molecule has 1 aromatic carbocycles. The van der Waals surface area contributed by atoms with Gasteiger partial charge in [-0.15, -0.1) is 0 Å². The number of benzene rings is 1. The SMILES string of the molecule is COc1ccc(CCC(=O)N2CC3(C2)C(c2nc(C4CCCC4)no2)CCS3(=O)=O)cc1. The van der Waals surface area contributed by atoms with Crippen LogP contribution < -0.4 is 4.74 Å². The molecule has 2 saturated heterocycles. The average Bonchev–Trinajstić information content (AvgIpc) is 3.49. The summed E-state index contributed by atoms with van der Waals surface area (Å²) < 4.78 is 35.7. The van der Waals surface area contributed by atoms with E-state index >= 15 is 0 Å². The molecule has 5 rings (SSSR count). The van der Waals surface area contributed by atoms with Crippen molar-refractivity contribution < 1.29 is 22.5 Å². The predicted molar refractivity (Wildman–Crippen MR) is 117 cm³/mol. The van der Waals surface area contributed by atoms with E-state index in [2.05, 4.69) is 10.1 Å². The van der Waals surface area contributed by atoms with E-state index in [-0.39, 0.29) is 30.7 Å². The highest BCUT2D eigenvalue weighted by molar-refractivity contribution is 7.93. The average molecular weight is 460 g/mol. The Bertz CT molecular complexity index is 1080. The van der Waals surface area contributed by atoms with Gasteiger partial charge in [-0.2, -0.15) is 4.98 Å². The summed E-state index contributed by atoms with van der Waals surface area (Å²) in [6.07, 6.45) is 5.89. The third-order valence-electron chi connectivity index (χ3n) is 7.46. The van der Waals surface area contributed by atoms with Gasteiger partial charge in [0, 0.05) is 25.4 Å². The molecule has 2 aliphatic heterocycles. The normalized spacial score (nSPS) is 24.0. The van der Waals surface area contributed by atoms with Crippen LogP contribution >= 0.6 is 0 Å². The molecule has 1 atom stereocenters. The Labute approximate surface area is 188 Å². The largest absolute Gasteiger partial charge is 0.497 e. The van der Waals surface area contributed by atoms with Crippen LogP contribution in [0.5, 0.6) is 5.75 Å². The molecule has 172 valence electrons. The van der Waals surface area contributed by atoms with Crippen molar-refractivity contribution in [2.45, 2.75) is 61.5 Å². The Morgan fingerprint density at radius 2 is 1.91 bits per heavy atom. The lowest BCUT2D eigenvalue weighted by molar-refractivity contribution is -0.136. The Balaban J connectivity index is 1.25.